The van der Waals surface area contributed by atoms with Crippen molar-refractivity contribution in [2.45, 2.75) is 51.9 Å². The number of carbonyl (C=O) groups excluding carboxylic acids is 1. The van der Waals surface area contributed by atoms with Crippen molar-refractivity contribution in [1.82, 2.24) is 5.32 Å². The van der Waals surface area contributed by atoms with E-state index in [1.165, 1.54) is 32.1 Å². The molecule has 1 saturated carbocycles. The normalized spacial score (nSPS) is 23.3. The molecule has 0 bridgehead atoms. The van der Waals surface area contributed by atoms with Gasteiger partial charge < -0.3 is 10.1 Å². The molecule has 4 heteroatoms. The first-order valence-corrected chi connectivity index (χ1v) is 8.22. The van der Waals surface area contributed by atoms with Crippen LogP contribution in [0.15, 0.2) is 0 Å². The van der Waals surface area contributed by atoms with Crippen molar-refractivity contribution < 1.29 is 9.53 Å². The fourth-order valence-electron chi connectivity index (χ4n) is 2.75. The molecule has 1 aliphatic rings. The van der Waals surface area contributed by atoms with Crippen LogP contribution in [0.5, 0.6) is 0 Å². The Morgan fingerprint density at radius 2 is 2.00 bits per heavy atom. The highest BCUT2D eigenvalue weighted by molar-refractivity contribution is 6.17. The van der Waals surface area contributed by atoms with Crippen LogP contribution >= 0.6 is 11.6 Å². The van der Waals surface area contributed by atoms with E-state index in [1.807, 2.05) is 0 Å². The van der Waals surface area contributed by atoms with Gasteiger partial charge in [-0.25, -0.2) is 0 Å². The summed E-state index contributed by atoms with van der Waals surface area (Å²) < 4.78 is 5.24. The molecule has 1 N–H and O–H groups in total. The third kappa shape index (κ3) is 7.17. The fraction of sp³-hybridized carbons (Fsp3) is 0.933. The number of rotatable bonds is 9. The zero-order valence-corrected chi connectivity index (χ0v) is 12.9. The quantitative estimate of drug-likeness (QED) is 0.522. The first-order chi connectivity index (χ1) is 9.27. The minimum Gasteiger partial charge on any atom is -0.378 e. The average molecular weight is 290 g/mol. The Morgan fingerprint density at radius 3 is 2.63 bits per heavy atom. The van der Waals surface area contributed by atoms with E-state index < -0.39 is 0 Å². The predicted molar refractivity (Wildman–Crippen MR) is 79.5 cm³/mol. The Bertz CT molecular complexity index is 240. The Hall–Kier alpha value is -0.280. The van der Waals surface area contributed by atoms with Crippen LogP contribution in [-0.4, -0.2) is 31.5 Å². The van der Waals surface area contributed by atoms with Gasteiger partial charge in [0.25, 0.3) is 0 Å². The molecule has 1 aliphatic carbocycles. The molecule has 1 rings (SSSR count). The summed E-state index contributed by atoms with van der Waals surface area (Å²) in [6.07, 6.45) is 8.52. The van der Waals surface area contributed by atoms with Crippen molar-refractivity contribution in [3.05, 3.63) is 0 Å². The van der Waals surface area contributed by atoms with Crippen molar-refractivity contribution in [2.75, 3.05) is 25.6 Å². The lowest BCUT2D eigenvalue weighted by Gasteiger charge is -2.27. The summed E-state index contributed by atoms with van der Waals surface area (Å²) in [4.78, 5) is 12.0. The van der Waals surface area contributed by atoms with Gasteiger partial charge in [0, 0.05) is 18.3 Å². The lowest BCUT2D eigenvalue weighted by atomic mass is 9.79. The number of carbonyl (C=O) groups is 1. The van der Waals surface area contributed by atoms with Crippen LogP contribution in [0.4, 0.5) is 0 Å². The molecule has 1 fully saturated rings. The topological polar surface area (TPSA) is 38.3 Å². The molecular weight excluding hydrogens is 262 g/mol. The Kier molecular flexibility index (Phi) is 9.27. The first kappa shape index (κ1) is 16.8. The van der Waals surface area contributed by atoms with E-state index in [2.05, 4.69) is 12.2 Å². The summed E-state index contributed by atoms with van der Waals surface area (Å²) in [5.74, 6) is 1.81. The van der Waals surface area contributed by atoms with Gasteiger partial charge in [0.2, 0.25) is 5.91 Å². The zero-order chi connectivity index (χ0) is 13.9. The summed E-state index contributed by atoms with van der Waals surface area (Å²) in [5.41, 5.74) is 0. The summed E-state index contributed by atoms with van der Waals surface area (Å²) in [7, 11) is 0. The Morgan fingerprint density at radius 1 is 1.26 bits per heavy atom. The molecular formula is C15H28ClNO2. The highest BCUT2D eigenvalue weighted by Gasteiger charge is 2.25. The van der Waals surface area contributed by atoms with Gasteiger partial charge in [-0.05, 0) is 31.6 Å². The van der Waals surface area contributed by atoms with Crippen LogP contribution in [0.1, 0.15) is 51.9 Å². The molecule has 19 heavy (non-hydrogen) atoms. The van der Waals surface area contributed by atoms with Gasteiger partial charge in [0.05, 0.1) is 13.2 Å². The molecule has 0 unspecified atom stereocenters. The van der Waals surface area contributed by atoms with E-state index in [0.717, 1.165) is 18.8 Å². The molecule has 3 nitrogen and oxygen atoms in total. The number of unbranched alkanes of at least 4 members (excludes halogenated alkanes) is 1. The van der Waals surface area contributed by atoms with Crippen molar-refractivity contribution >= 4 is 17.5 Å². The van der Waals surface area contributed by atoms with Crippen molar-refractivity contribution in [3.63, 3.8) is 0 Å². The standard InChI is InChI=1S/C15H28ClNO2/c1-2-3-4-13-5-7-14(8-6-13)15(18)17-10-12-19-11-9-16/h13-14H,2-12H2,1H3,(H,17,18). The SMILES string of the molecule is CCCCC1CCC(C(=O)NCCOCCCl)CC1. The largest absolute Gasteiger partial charge is 0.378 e. The van der Waals surface area contributed by atoms with Gasteiger partial charge in [-0.3, -0.25) is 4.79 Å². The van der Waals surface area contributed by atoms with Crippen LogP contribution in [0.2, 0.25) is 0 Å². The molecule has 0 aliphatic heterocycles. The lowest BCUT2D eigenvalue weighted by Crippen LogP contribution is -2.35. The molecule has 112 valence electrons. The van der Waals surface area contributed by atoms with E-state index in [9.17, 15) is 4.79 Å². The molecule has 0 atom stereocenters. The van der Waals surface area contributed by atoms with E-state index in [1.54, 1.807) is 0 Å². The van der Waals surface area contributed by atoms with E-state index in [0.29, 0.717) is 25.6 Å². The number of hydrogen-bond acceptors (Lipinski definition) is 2. The second kappa shape index (κ2) is 10.5. The molecule has 0 heterocycles. The van der Waals surface area contributed by atoms with Crippen molar-refractivity contribution in [2.24, 2.45) is 11.8 Å². The molecule has 0 aromatic carbocycles. The maximum absolute atomic E-state index is 12.0. The van der Waals surface area contributed by atoms with E-state index in [-0.39, 0.29) is 11.8 Å². The van der Waals surface area contributed by atoms with Gasteiger partial charge in [-0.1, -0.05) is 26.2 Å². The van der Waals surface area contributed by atoms with Crippen molar-refractivity contribution in [1.29, 1.82) is 0 Å². The number of hydrogen-bond donors (Lipinski definition) is 1. The van der Waals surface area contributed by atoms with Gasteiger partial charge in [-0.2, -0.15) is 0 Å². The molecule has 0 spiro atoms. The summed E-state index contributed by atoms with van der Waals surface area (Å²) in [6, 6.07) is 0. The van der Waals surface area contributed by atoms with E-state index >= 15 is 0 Å². The highest BCUT2D eigenvalue weighted by Crippen LogP contribution is 2.31. The maximum atomic E-state index is 12.0. The molecule has 0 saturated heterocycles. The molecule has 1 amide bonds. The number of alkyl halides is 1. The third-order valence-electron chi connectivity index (χ3n) is 3.95. The second-order valence-electron chi connectivity index (χ2n) is 5.45. The first-order valence-electron chi connectivity index (χ1n) is 7.69. The fourth-order valence-corrected chi connectivity index (χ4v) is 2.86. The maximum Gasteiger partial charge on any atom is 0.223 e. The number of halogens is 1. The Labute approximate surface area is 122 Å². The smallest absolute Gasteiger partial charge is 0.223 e. The van der Waals surface area contributed by atoms with Gasteiger partial charge in [0.1, 0.15) is 0 Å². The summed E-state index contributed by atoms with van der Waals surface area (Å²) >= 11 is 5.50. The molecule has 0 radical (unpaired) electrons. The van der Waals surface area contributed by atoms with Crippen LogP contribution < -0.4 is 5.32 Å². The zero-order valence-electron chi connectivity index (χ0n) is 12.1. The number of nitrogens with one attached hydrogen (secondary N) is 1. The third-order valence-corrected chi connectivity index (χ3v) is 4.10. The number of amides is 1. The molecule has 0 aromatic rings. The van der Waals surface area contributed by atoms with Crippen LogP contribution in [0, 0.1) is 11.8 Å². The monoisotopic (exact) mass is 289 g/mol. The minimum absolute atomic E-state index is 0.211. The Balaban J connectivity index is 2.07. The second-order valence-corrected chi connectivity index (χ2v) is 5.83. The van der Waals surface area contributed by atoms with Crippen LogP contribution in [0.3, 0.4) is 0 Å². The minimum atomic E-state index is 0.211. The summed E-state index contributed by atoms with van der Waals surface area (Å²) in [5, 5.41) is 2.96. The van der Waals surface area contributed by atoms with Gasteiger partial charge in [-0.15, -0.1) is 11.6 Å². The van der Waals surface area contributed by atoms with Gasteiger partial charge in [0.15, 0.2) is 0 Å². The summed E-state index contributed by atoms with van der Waals surface area (Å²) in [6.45, 7) is 3.96. The van der Waals surface area contributed by atoms with Crippen LogP contribution in [-0.2, 0) is 9.53 Å². The number of ether oxygens (including phenoxy) is 1. The van der Waals surface area contributed by atoms with Crippen LogP contribution in [0.25, 0.3) is 0 Å². The lowest BCUT2D eigenvalue weighted by molar-refractivity contribution is -0.126. The molecule has 0 aromatic heterocycles. The predicted octanol–water partition coefficient (Wildman–Crippen LogP) is 3.35. The van der Waals surface area contributed by atoms with Crippen molar-refractivity contribution in [3.8, 4) is 0 Å². The average Bonchev–Trinajstić information content (AvgIpc) is 2.45. The van der Waals surface area contributed by atoms with E-state index in [4.69, 9.17) is 16.3 Å². The highest BCUT2D eigenvalue weighted by atomic mass is 35.5. The van der Waals surface area contributed by atoms with Gasteiger partial charge >= 0.3 is 0 Å².